The van der Waals surface area contributed by atoms with Crippen LogP contribution in [-0.2, 0) is 6.42 Å². The van der Waals surface area contributed by atoms with E-state index in [1.54, 1.807) is 18.2 Å². The summed E-state index contributed by atoms with van der Waals surface area (Å²) in [7, 11) is 0. The van der Waals surface area contributed by atoms with Crippen LogP contribution in [0.4, 0.5) is 10.1 Å². The first-order chi connectivity index (χ1) is 9.25. The molecule has 0 fully saturated rings. The average molecular weight is 276 g/mol. The van der Waals surface area contributed by atoms with Gasteiger partial charge in [0.2, 0.25) is 0 Å². The van der Waals surface area contributed by atoms with Gasteiger partial charge in [0.1, 0.15) is 0 Å². The molecule has 1 unspecified atom stereocenters. The lowest BCUT2D eigenvalue weighted by molar-refractivity contribution is 0.586. The molecule has 19 heavy (non-hydrogen) atoms. The van der Waals surface area contributed by atoms with E-state index in [2.05, 4.69) is 23.5 Å². The highest BCUT2D eigenvalue weighted by Gasteiger charge is 2.20. The Hall–Kier alpha value is -1.54. The van der Waals surface area contributed by atoms with E-state index in [0.717, 1.165) is 19.3 Å². The van der Waals surface area contributed by atoms with Gasteiger partial charge < -0.3 is 5.32 Å². The molecular weight excluding hydrogens is 261 g/mol. The molecule has 98 valence electrons. The van der Waals surface area contributed by atoms with E-state index >= 15 is 0 Å². The summed E-state index contributed by atoms with van der Waals surface area (Å²) in [5.74, 6) is -0.368. The van der Waals surface area contributed by atoms with Gasteiger partial charge in [-0.1, -0.05) is 41.9 Å². The summed E-state index contributed by atoms with van der Waals surface area (Å²) in [5, 5.41) is 3.45. The van der Waals surface area contributed by atoms with Crippen LogP contribution in [0.1, 0.15) is 30.0 Å². The molecule has 1 aliphatic rings. The fraction of sp³-hybridized carbons (Fsp3) is 0.250. The first-order valence-electron chi connectivity index (χ1n) is 6.54. The summed E-state index contributed by atoms with van der Waals surface area (Å²) < 4.78 is 13.9. The molecule has 3 rings (SSSR count). The van der Waals surface area contributed by atoms with E-state index < -0.39 is 0 Å². The third kappa shape index (κ3) is 2.45. The van der Waals surface area contributed by atoms with Gasteiger partial charge >= 0.3 is 0 Å². The van der Waals surface area contributed by atoms with E-state index in [1.165, 1.54) is 11.1 Å². The topological polar surface area (TPSA) is 12.0 Å². The highest BCUT2D eigenvalue weighted by atomic mass is 35.5. The molecule has 3 heteroatoms. The highest BCUT2D eigenvalue weighted by molar-refractivity contribution is 6.31. The predicted octanol–water partition coefficient (Wildman–Crippen LogP) is 4.97. The Morgan fingerprint density at radius 2 is 1.95 bits per heavy atom. The fourth-order valence-electron chi connectivity index (χ4n) is 2.71. The Kier molecular flexibility index (Phi) is 3.43. The lowest BCUT2D eigenvalue weighted by Crippen LogP contribution is -2.17. The summed E-state index contributed by atoms with van der Waals surface area (Å²) in [6.45, 7) is 0. The van der Waals surface area contributed by atoms with Crippen molar-refractivity contribution >= 4 is 17.3 Å². The third-order valence-electron chi connectivity index (χ3n) is 3.65. The molecule has 0 bridgehead atoms. The predicted molar refractivity (Wildman–Crippen MR) is 77.2 cm³/mol. The molecule has 2 aromatic rings. The number of nitrogens with one attached hydrogen (secondary N) is 1. The summed E-state index contributed by atoms with van der Waals surface area (Å²) in [6.07, 6.45) is 3.24. The maximum Gasteiger partial charge on any atom is 0.164 e. The molecule has 1 atom stereocenters. The molecule has 1 nitrogen and oxygen atoms in total. The SMILES string of the molecule is Fc1c(Cl)cccc1NC1CCCc2ccccc21. The van der Waals surface area contributed by atoms with E-state index in [1.807, 2.05) is 6.07 Å². The van der Waals surface area contributed by atoms with Gasteiger partial charge in [-0.3, -0.25) is 0 Å². The number of hydrogen-bond acceptors (Lipinski definition) is 1. The van der Waals surface area contributed by atoms with Crippen molar-refractivity contribution in [2.24, 2.45) is 0 Å². The lowest BCUT2D eigenvalue weighted by atomic mass is 9.87. The van der Waals surface area contributed by atoms with Crippen molar-refractivity contribution in [3.63, 3.8) is 0 Å². The van der Waals surface area contributed by atoms with E-state index in [4.69, 9.17) is 11.6 Å². The van der Waals surface area contributed by atoms with E-state index in [9.17, 15) is 4.39 Å². The fourth-order valence-corrected chi connectivity index (χ4v) is 2.88. The molecule has 0 spiro atoms. The van der Waals surface area contributed by atoms with Crippen molar-refractivity contribution in [3.8, 4) is 0 Å². The van der Waals surface area contributed by atoms with Crippen LogP contribution >= 0.6 is 11.6 Å². The second-order valence-corrected chi connectivity index (χ2v) is 5.30. The highest BCUT2D eigenvalue weighted by Crippen LogP contribution is 2.33. The number of anilines is 1. The molecule has 0 saturated carbocycles. The second kappa shape index (κ2) is 5.22. The first kappa shape index (κ1) is 12.5. The number of rotatable bonds is 2. The molecule has 1 aliphatic carbocycles. The summed E-state index contributed by atoms with van der Waals surface area (Å²) >= 11 is 5.82. The molecule has 0 heterocycles. The van der Waals surface area contributed by atoms with Crippen LogP contribution in [0, 0.1) is 5.82 Å². The minimum atomic E-state index is -0.368. The van der Waals surface area contributed by atoms with Crippen molar-refractivity contribution in [1.29, 1.82) is 0 Å². The average Bonchev–Trinajstić information content (AvgIpc) is 2.44. The van der Waals surface area contributed by atoms with Gasteiger partial charge in [-0.25, -0.2) is 4.39 Å². The van der Waals surface area contributed by atoms with Crippen molar-refractivity contribution < 1.29 is 4.39 Å². The smallest absolute Gasteiger partial charge is 0.164 e. The third-order valence-corrected chi connectivity index (χ3v) is 3.94. The van der Waals surface area contributed by atoms with Crippen LogP contribution in [0.5, 0.6) is 0 Å². The zero-order valence-corrected chi connectivity index (χ0v) is 11.3. The van der Waals surface area contributed by atoms with Gasteiger partial charge in [0, 0.05) is 0 Å². The van der Waals surface area contributed by atoms with Crippen LogP contribution in [0.2, 0.25) is 5.02 Å². The summed E-state index contributed by atoms with van der Waals surface area (Å²) in [5.41, 5.74) is 3.11. The maximum absolute atomic E-state index is 13.9. The van der Waals surface area contributed by atoms with Gasteiger partial charge in [-0.2, -0.15) is 0 Å². The van der Waals surface area contributed by atoms with Crippen LogP contribution in [0.3, 0.4) is 0 Å². The first-order valence-corrected chi connectivity index (χ1v) is 6.92. The maximum atomic E-state index is 13.9. The molecular formula is C16H15ClFN. The Bertz CT molecular complexity index is 597. The Morgan fingerprint density at radius 1 is 1.11 bits per heavy atom. The quantitative estimate of drug-likeness (QED) is 0.816. The molecule has 0 amide bonds. The van der Waals surface area contributed by atoms with Crippen molar-refractivity contribution in [2.45, 2.75) is 25.3 Å². The van der Waals surface area contributed by atoms with E-state index in [0.29, 0.717) is 5.69 Å². The van der Waals surface area contributed by atoms with Crippen molar-refractivity contribution in [3.05, 3.63) is 64.4 Å². The van der Waals surface area contributed by atoms with Crippen molar-refractivity contribution in [2.75, 3.05) is 5.32 Å². The number of halogens is 2. The van der Waals surface area contributed by atoms with Crippen LogP contribution < -0.4 is 5.32 Å². The normalized spacial score (nSPS) is 17.9. The van der Waals surface area contributed by atoms with Crippen LogP contribution in [-0.4, -0.2) is 0 Å². The van der Waals surface area contributed by atoms with Gasteiger partial charge in [-0.15, -0.1) is 0 Å². The summed E-state index contributed by atoms with van der Waals surface area (Å²) in [6, 6.07) is 13.6. The number of fused-ring (bicyclic) bond motifs is 1. The molecule has 0 saturated heterocycles. The number of benzene rings is 2. The number of aryl methyl sites for hydroxylation is 1. The molecule has 1 N–H and O–H groups in total. The van der Waals surface area contributed by atoms with Gasteiger partial charge in [0.25, 0.3) is 0 Å². The largest absolute Gasteiger partial charge is 0.376 e. The Morgan fingerprint density at radius 3 is 2.84 bits per heavy atom. The van der Waals surface area contributed by atoms with Crippen molar-refractivity contribution in [1.82, 2.24) is 0 Å². The van der Waals surface area contributed by atoms with Crippen LogP contribution in [0.25, 0.3) is 0 Å². The van der Waals surface area contributed by atoms with Gasteiger partial charge in [0.05, 0.1) is 16.8 Å². The zero-order chi connectivity index (χ0) is 13.2. The minimum absolute atomic E-state index is 0.161. The van der Waals surface area contributed by atoms with Crippen LogP contribution in [0.15, 0.2) is 42.5 Å². The Labute approximate surface area is 117 Å². The van der Waals surface area contributed by atoms with Gasteiger partial charge in [0.15, 0.2) is 5.82 Å². The number of hydrogen-bond donors (Lipinski definition) is 1. The molecule has 2 aromatic carbocycles. The standard InChI is InChI=1S/C16H15ClFN/c17-13-8-4-10-15(16(13)18)19-14-9-3-6-11-5-1-2-7-12(11)14/h1-2,4-5,7-8,10,14,19H,3,6,9H2. The van der Waals surface area contributed by atoms with Gasteiger partial charge in [-0.05, 0) is 42.5 Å². The summed E-state index contributed by atoms with van der Waals surface area (Å²) in [4.78, 5) is 0. The molecule has 0 radical (unpaired) electrons. The zero-order valence-electron chi connectivity index (χ0n) is 10.5. The minimum Gasteiger partial charge on any atom is -0.376 e. The monoisotopic (exact) mass is 275 g/mol. The Balaban J connectivity index is 1.91. The molecule has 0 aromatic heterocycles. The lowest BCUT2D eigenvalue weighted by Gasteiger charge is -2.27. The van der Waals surface area contributed by atoms with E-state index in [-0.39, 0.29) is 16.9 Å². The molecule has 0 aliphatic heterocycles. The second-order valence-electron chi connectivity index (χ2n) is 4.89.